The molecule has 0 aromatic heterocycles. The molecule has 0 bridgehead atoms. The third-order valence-corrected chi connectivity index (χ3v) is 3.73. The van der Waals surface area contributed by atoms with Gasteiger partial charge < -0.3 is 0 Å². The minimum absolute atomic E-state index is 0.571. The highest BCUT2D eigenvalue weighted by atomic mass is 127. The van der Waals surface area contributed by atoms with Gasteiger partial charge in [-0.1, -0.05) is 50.0 Å². The molecular weight excluding hydrogens is 331 g/mol. The zero-order valence-electron chi connectivity index (χ0n) is 10.6. The molecule has 0 spiro atoms. The summed E-state index contributed by atoms with van der Waals surface area (Å²) in [6.07, 6.45) is 0. The van der Waals surface area contributed by atoms with Gasteiger partial charge >= 0.3 is 0 Å². The van der Waals surface area contributed by atoms with Gasteiger partial charge in [0, 0.05) is 14.7 Å². The maximum absolute atomic E-state index is 3.22. The lowest BCUT2D eigenvalue weighted by atomic mass is 10.0. The molecule has 0 aliphatic heterocycles. The second-order valence-electron chi connectivity index (χ2n) is 4.51. The first kappa shape index (κ1) is 13.2. The number of benzene rings is 2. The molecule has 0 aliphatic rings. The van der Waals surface area contributed by atoms with Gasteiger partial charge in [0.05, 0.1) is 0 Å². The Labute approximate surface area is 123 Å². The Morgan fingerprint density at radius 2 is 1.56 bits per heavy atom. The van der Waals surface area contributed by atoms with E-state index in [1.807, 2.05) is 12.1 Å². The molecule has 0 radical (unpaired) electrons. The largest absolute Gasteiger partial charge is 0.0616 e. The summed E-state index contributed by atoms with van der Waals surface area (Å²) >= 11 is 2.31. The van der Waals surface area contributed by atoms with Crippen LogP contribution < -0.4 is 0 Å². The predicted molar refractivity (Wildman–Crippen MR) is 85.7 cm³/mol. The van der Waals surface area contributed by atoms with Crippen LogP contribution >= 0.6 is 22.6 Å². The molecule has 2 aromatic rings. The van der Waals surface area contributed by atoms with Crippen molar-refractivity contribution in [3.63, 3.8) is 0 Å². The van der Waals surface area contributed by atoms with Gasteiger partial charge in [-0.15, -0.1) is 0 Å². The van der Waals surface area contributed by atoms with Crippen LogP contribution in [0.25, 0.3) is 0 Å². The zero-order valence-corrected chi connectivity index (χ0v) is 12.7. The van der Waals surface area contributed by atoms with Gasteiger partial charge in [0.2, 0.25) is 0 Å². The molecule has 0 saturated heterocycles. The van der Waals surface area contributed by atoms with E-state index >= 15 is 0 Å². The van der Waals surface area contributed by atoms with Crippen LogP contribution in [0.1, 0.15) is 36.5 Å². The summed E-state index contributed by atoms with van der Waals surface area (Å²) in [5, 5.41) is 0. The Morgan fingerprint density at radius 1 is 0.889 bits per heavy atom. The average Bonchev–Trinajstić information content (AvgIpc) is 2.38. The maximum atomic E-state index is 3.22. The van der Waals surface area contributed by atoms with Gasteiger partial charge in [0.1, 0.15) is 0 Å². The molecule has 0 unspecified atom stereocenters. The molecule has 0 nitrogen and oxygen atoms in total. The van der Waals surface area contributed by atoms with Gasteiger partial charge in [-0.25, -0.2) is 0 Å². The molecule has 0 saturated carbocycles. The summed E-state index contributed by atoms with van der Waals surface area (Å²) < 4.78 is 1.20. The van der Waals surface area contributed by atoms with Crippen LogP contribution in [0.3, 0.4) is 0 Å². The van der Waals surface area contributed by atoms with Gasteiger partial charge in [-0.2, -0.15) is 0 Å². The first-order chi connectivity index (χ1) is 8.66. The molecule has 18 heavy (non-hydrogen) atoms. The Kier molecular flexibility index (Phi) is 4.43. The topological polar surface area (TPSA) is 0 Å². The average molecular weight is 346 g/mol. The molecule has 0 atom stereocenters. The Balaban J connectivity index is 2.23. The number of rotatable bonds is 1. The fourth-order valence-electron chi connectivity index (χ4n) is 1.65. The third kappa shape index (κ3) is 3.36. The van der Waals surface area contributed by atoms with Crippen molar-refractivity contribution in [2.45, 2.75) is 19.8 Å². The van der Waals surface area contributed by atoms with Gasteiger partial charge in [0.15, 0.2) is 0 Å². The van der Waals surface area contributed by atoms with E-state index in [9.17, 15) is 0 Å². The molecule has 90 valence electrons. The highest BCUT2D eigenvalue weighted by Gasteiger charge is 1.97. The van der Waals surface area contributed by atoms with E-state index in [0.717, 1.165) is 11.1 Å². The molecule has 0 aliphatic carbocycles. The Hall–Kier alpha value is -1.27. The molecule has 2 rings (SSSR count). The Morgan fingerprint density at radius 3 is 2.17 bits per heavy atom. The summed E-state index contributed by atoms with van der Waals surface area (Å²) in [5.41, 5.74) is 3.51. The van der Waals surface area contributed by atoms with Crippen LogP contribution in [0.5, 0.6) is 0 Å². The predicted octanol–water partition coefficient (Wildman–Crippen LogP) is 4.81. The Bertz CT molecular complexity index is 583. The van der Waals surface area contributed by atoms with Crippen LogP contribution in [0, 0.1) is 15.4 Å². The highest BCUT2D eigenvalue weighted by molar-refractivity contribution is 14.1. The fourth-order valence-corrected chi connectivity index (χ4v) is 2.18. The van der Waals surface area contributed by atoms with Crippen molar-refractivity contribution in [1.82, 2.24) is 0 Å². The highest BCUT2D eigenvalue weighted by Crippen LogP contribution is 2.14. The second kappa shape index (κ2) is 6.06. The molecule has 0 fully saturated rings. The lowest BCUT2D eigenvalue weighted by molar-refractivity contribution is 0.866. The molecule has 0 amide bonds. The molecular formula is C17H15I. The molecule has 0 N–H and O–H groups in total. The summed E-state index contributed by atoms with van der Waals surface area (Å²) in [5.74, 6) is 7.00. The van der Waals surface area contributed by atoms with E-state index in [4.69, 9.17) is 0 Å². The summed E-state index contributed by atoms with van der Waals surface area (Å²) in [7, 11) is 0. The van der Waals surface area contributed by atoms with Crippen molar-refractivity contribution >= 4 is 22.6 Å². The van der Waals surface area contributed by atoms with E-state index in [1.165, 1.54) is 9.13 Å². The van der Waals surface area contributed by atoms with E-state index in [-0.39, 0.29) is 0 Å². The van der Waals surface area contributed by atoms with Crippen molar-refractivity contribution in [2.24, 2.45) is 0 Å². The van der Waals surface area contributed by atoms with Crippen LogP contribution in [-0.2, 0) is 0 Å². The lowest BCUT2D eigenvalue weighted by Gasteiger charge is -2.03. The van der Waals surface area contributed by atoms with E-state index in [2.05, 4.69) is 84.7 Å². The minimum Gasteiger partial charge on any atom is -0.0616 e. The smallest absolute Gasteiger partial charge is 0.0382 e. The van der Waals surface area contributed by atoms with E-state index in [1.54, 1.807) is 0 Å². The van der Waals surface area contributed by atoms with Crippen molar-refractivity contribution in [3.05, 3.63) is 68.8 Å². The van der Waals surface area contributed by atoms with Crippen LogP contribution in [0.2, 0.25) is 0 Å². The summed E-state index contributed by atoms with van der Waals surface area (Å²) in [4.78, 5) is 0. The second-order valence-corrected chi connectivity index (χ2v) is 5.67. The maximum Gasteiger partial charge on any atom is 0.0382 e. The normalized spacial score (nSPS) is 10.0. The van der Waals surface area contributed by atoms with E-state index < -0.39 is 0 Å². The first-order valence-electron chi connectivity index (χ1n) is 6.03. The van der Waals surface area contributed by atoms with Gasteiger partial charge in [-0.05, 0) is 58.3 Å². The summed E-state index contributed by atoms with van der Waals surface area (Å²) in [6, 6.07) is 16.7. The quantitative estimate of drug-likeness (QED) is 0.513. The zero-order chi connectivity index (χ0) is 13.0. The van der Waals surface area contributed by atoms with Crippen molar-refractivity contribution in [2.75, 3.05) is 0 Å². The number of hydrogen-bond donors (Lipinski definition) is 0. The summed E-state index contributed by atoms with van der Waals surface area (Å²) in [6.45, 7) is 4.40. The SMILES string of the molecule is CC(C)c1ccc(C#Cc2ccccc2I)cc1. The number of halogens is 1. The lowest BCUT2D eigenvalue weighted by Crippen LogP contribution is -1.86. The first-order valence-corrected chi connectivity index (χ1v) is 7.11. The number of hydrogen-bond acceptors (Lipinski definition) is 0. The molecule has 0 heterocycles. The third-order valence-electron chi connectivity index (χ3n) is 2.79. The van der Waals surface area contributed by atoms with Crippen LogP contribution in [0.4, 0.5) is 0 Å². The van der Waals surface area contributed by atoms with Crippen molar-refractivity contribution < 1.29 is 0 Å². The van der Waals surface area contributed by atoms with E-state index in [0.29, 0.717) is 5.92 Å². The minimum atomic E-state index is 0.571. The molecule has 2 aromatic carbocycles. The van der Waals surface area contributed by atoms with Gasteiger partial charge in [-0.3, -0.25) is 0 Å². The van der Waals surface area contributed by atoms with Crippen molar-refractivity contribution in [1.29, 1.82) is 0 Å². The molecule has 1 heteroatoms. The monoisotopic (exact) mass is 346 g/mol. The fraction of sp³-hybridized carbons (Fsp3) is 0.176. The van der Waals surface area contributed by atoms with Gasteiger partial charge in [0.25, 0.3) is 0 Å². The van der Waals surface area contributed by atoms with Crippen LogP contribution in [0.15, 0.2) is 48.5 Å². The van der Waals surface area contributed by atoms with Crippen molar-refractivity contribution in [3.8, 4) is 11.8 Å². The standard InChI is InChI=1S/C17H15I/c1-13(2)15-10-7-14(8-11-15)9-12-16-5-3-4-6-17(16)18/h3-8,10-11,13H,1-2H3. The van der Waals surface area contributed by atoms with Crippen LogP contribution in [-0.4, -0.2) is 0 Å².